The zero-order chi connectivity index (χ0) is 10.4. The number of nitrogens with one attached hydrogen (secondary N) is 1. The Morgan fingerprint density at radius 2 is 2.43 bits per heavy atom. The highest BCUT2D eigenvalue weighted by molar-refractivity contribution is 7.84. The molecular weight excluding hydrogens is 204 g/mol. The van der Waals surface area contributed by atoms with Gasteiger partial charge in [0.15, 0.2) is 0 Å². The lowest BCUT2D eigenvalue weighted by Gasteiger charge is -1.99. The third-order valence-corrected chi connectivity index (χ3v) is 2.87. The molecule has 1 amide bonds. The summed E-state index contributed by atoms with van der Waals surface area (Å²) < 4.78 is 16.4. The molecule has 14 heavy (non-hydrogen) atoms. The third-order valence-electron chi connectivity index (χ3n) is 1.60. The molecule has 78 valence electrons. The fourth-order valence-electron chi connectivity index (χ4n) is 0.904. The molecule has 6 heteroatoms. The summed E-state index contributed by atoms with van der Waals surface area (Å²) >= 11 is 0. The van der Waals surface area contributed by atoms with Gasteiger partial charge in [0.25, 0.3) is 0 Å². The van der Waals surface area contributed by atoms with Crippen molar-refractivity contribution in [2.75, 3.05) is 5.75 Å². The second-order valence-electron chi connectivity index (χ2n) is 2.69. The highest BCUT2D eigenvalue weighted by Gasteiger charge is 2.06. The van der Waals surface area contributed by atoms with Gasteiger partial charge in [0.2, 0.25) is 5.91 Å². The molecule has 0 bridgehead atoms. The van der Waals surface area contributed by atoms with Crippen molar-refractivity contribution in [2.24, 2.45) is 5.84 Å². The minimum Gasteiger partial charge on any atom is -0.468 e. The van der Waals surface area contributed by atoms with Gasteiger partial charge < -0.3 is 4.42 Å². The quantitative estimate of drug-likeness (QED) is 0.409. The van der Waals surface area contributed by atoms with Crippen LogP contribution in [0.2, 0.25) is 0 Å². The molecule has 0 spiro atoms. The van der Waals surface area contributed by atoms with Crippen LogP contribution in [0, 0.1) is 0 Å². The maximum atomic E-state index is 11.4. The van der Waals surface area contributed by atoms with Crippen LogP contribution in [0.15, 0.2) is 22.8 Å². The Hall–Kier alpha value is -1.14. The maximum absolute atomic E-state index is 11.4. The van der Waals surface area contributed by atoms with E-state index < -0.39 is 10.8 Å². The molecule has 0 saturated carbocycles. The fourth-order valence-corrected chi connectivity index (χ4v) is 1.94. The average Bonchev–Trinajstić information content (AvgIpc) is 2.66. The topological polar surface area (TPSA) is 85.3 Å². The van der Waals surface area contributed by atoms with Gasteiger partial charge in [0, 0.05) is 23.0 Å². The normalized spacial score (nSPS) is 12.4. The number of hydrogen-bond donors (Lipinski definition) is 2. The smallest absolute Gasteiger partial charge is 0.234 e. The number of rotatable bonds is 5. The number of hydrogen-bond acceptors (Lipinski definition) is 4. The molecule has 1 aromatic heterocycles. The number of nitrogens with two attached hydrogens (primary N) is 1. The van der Waals surface area contributed by atoms with Gasteiger partial charge in [-0.25, -0.2) is 5.84 Å². The standard InChI is InChI=1S/C8H12N2O3S/c9-10-8(11)3-5-14(12)6-7-2-1-4-13-7/h1-2,4H,3,5-6,9H2,(H,10,11). The fraction of sp³-hybridized carbons (Fsp3) is 0.375. The average molecular weight is 216 g/mol. The van der Waals surface area contributed by atoms with E-state index in [1.807, 2.05) is 5.43 Å². The van der Waals surface area contributed by atoms with E-state index in [-0.39, 0.29) is 12.3 Å². The second-order valence-corrected chi connectivity index (χ2v) is 4.26. The van der Waals surface area contributed by atoms with Crippen molar-refractivity contribution in [1.29, 1.82) is 0 Å². The van der Waals surface area contributed by atoms with Gasteiger partial charge in [-0.1, -0.05) is 0 Å². The van der Waals surface area contributed by atoms with Gasteiger partial charge in [0.1, 0.15) is 5.76 Å². The van der Waals surface area contributed by atoms with E-state index in [9.17, 15) is 9.00 Å². The molecule has 1 rings (SSSR count). The van der Waals surface area contributed by atoms with Crippen molar-refractivity contribution < 1.29 is 13.4 Å². The third kappa shape index (κ3) is 3.71. The summed E-state index contributed by atoms with van der Waals surface area (Å²) in [5.41, 5.74) is 1.98. The Labute approximate surface area is 84.1 Å². The first kappa shape index (κ1) is 10.9. The summed E-state index contributed by atoms with van der Waals surface area (Å²) in [6.07, 6.45) is 1.70. The zero-order valence-electron chi connectivity index (χ0n) is 7.56. The first-order chi connectivity index (χ1) is 6.72. The van der Waals surface area contributed by atoms with Gasteiger partial charge in [-0.3, -0.25) is 14.4 Å². The molecule has 0 saturated heterocycles. The van der Waals surface area contributed by atoms with Crippen LogP contribution in [0.3, 0.4) is 0 Å². The predicted octanol–water partition coefficient (Wildman–Crippen LogP) is -0.0917. The molecule has 0 aliphatic rings. The van der Waals surface area contributed by atoms with Gasteiger partial charge >= 0.3 is 0 Å². The van der Waals surface area contributed by atoms with Gasteiger partial charge in [-0.05, 0) is 12.1 Å². The van der Waals surface area contributed by atoms with Crippen LogP contribution in [0.5, 0.6) is 0 Å². The van der Waals surface area contributed by atoms with E-state index in [0.717, 1.165) is 0 Å². The van der Waals surface area contributed by atoms with Crippen LogP contribution >= 0.6 is 0 Å². The molecule has 1 unspecified atom stereocenters. The van der Waals surface area contributed by atoms with Crippen LogP contribution in [0.25, 0.3) is 0 Å². The summed E-state index contributed by atoms with van der Waals surface area (Å²) in [7, 11) is -1.08. The number of carbonyl (C=O) groups is 1. The number of hydrazine groups is 1. The molecule has 0 radical (unpaired) electrons. The minimum absolute atomic E-state index is 0.170. The van der Waals surface area contributed by atoms with E-state index in [1.165, 1.54) is 6.26 Å². The van der Waals surface area contributed by atoms with Crippen molar-refractivity contribution in [1.82, 2.24) is 5.43 Å². The lowest BCUT2D eigenvalue weighted by Crippen LogP contribution is -2.30. The Morgan fingerprint density at radius 3 is 3.00 bits per heavy atom. The SMILES string of the molecule is NNC(=O)CCS(=O)Cc1ccco1. The lowest BCUT2D eigenvalue weighted by molar-refractivity contribution is -0.120. The van der Waals surface area contributed by atoms with Gasteiger partial charge in [-0.2, -0.15) is 0 Å². The maximum Gasteiger partial charge on any atom is 0.234 e. The number of amides is 1. The van der Waals surface area contributed by atoms with Crippen molar-refractivity contribution in [2.45, 2.75) is 12.2 Å². The van der Waals surface area contributed by atoms with Crippen molar-refractivity contribution >= 4 is 16.7 Å². The molecule has 0 fully saturated rings. The molecule has 5 nitrogen and oxygen atoms in total. The van der Waals surface area contributed by atoms with Crippen molar-refractivity contribution in [3.05, 3.63) is 24.2 Å². The van der Waals surface area contributed by atoms with Crippen molar-refractivity contribution in [3.8, 4) is 0 Å². The molecule has 0 aliphatic carbocycles. The zero-order valence-corrected chi connectivity index (χ0v) is 8.38. The first-order valence-electron chi connectivity index (χ1n) is 4.09. The van der Waals surface area contributed by atoms with E-state index in [0.29, 0.717) is 17.3 Å². The van der Waals surface area contributed by atoms with Crippen LogP contribution < -0.4 is 11.3 Å². The minimum atomic E-state index is -1.08. The second kappa shape index (κ2) is 5.56. The van der Waals surface area contributed by atoms with E-state index in [2.05, 4.69) is 0 Å². The van der Waals surface area contributed by atoms with Crippen LogP contribution in [-0.2, 0) is 21.3 Å². The first-order valence-corrected chi connectivity index (χ1v) is 5.58. The molecule has 0 aromatic carbocycles. The summed E-state index contributed by atoms with van der Waals surface area (Å²) in [5, 5.41) is 0. The Balaban J connectivity index is 2.26. The number of furan rings is 1. The van der Waals surface area contributed by atoms with Crippen LogP contribution in [-0.4, -0.2) is 15.9 Å². The largest absolute Gasteiger partial charge is 0.468 e. The summed E-state index contributed by atoms with van der Waals surface area (Å²) in [5.74, 6) is 5.87. The molecular formula is C8H12N2O3S. The van der Waals surface area contributed by atoms with E-state index in [4.69, 9.17) is 10.3 Å². The summed E-state index contributed by atoms with van der Waals surface area (Å²) in [6, 6.07) is 3.49. The lowest BCUT2D eigenvalue weighted by atomic mass is 10.5. The Kier molecular flexibility index (Phi) is 4.34. The van der Waals surface area contributed by atoms with Crippen LogP contribution in [0.1, 0.15) is 12.2 Å². The van der Waals surface area contributed by atoms with E-state index >= 15 is 0 Å². The molecule has 1 heterocycles. The van der Waals surface area contributed by atoms with E-state index in [1.54, 1.807) is 12.1 Å². The molecule has 1 aromatic rings. The highest BCUT2D eigenvalue weighted by atomic mass is 32.2. The Morgan fingerprint density at radius 1 is 1.64 bits per heavy atom. The monoisotopic (exact) mass is 216 g/mol. The van der Waals surface area contributed by atoms with Crippen LogP contribution in [0.4, 0.5) is 0 Å². The van der Waals surface area contributed by atoms with Gasteiger partial charge in [0.05, 0.1) is 12.0 Å². The summed E-state index contributed by atoms with van der Waals surface area (Å²) in [6.45, 7) is 0. The summed E-state index contributed by atoms with van der Waals surface area (Å²) in [4.78, 5) is 10.7. The Bertz CT molecular complexity index is 310. The van der Waals surface area contributed by atoms with Gasteiger partial charge in [-0.15, -0.1) is 0 Å². The molecule has 0 aliphatic heterocycles. The highest BCUT2D eigenvalue weighted by Crippen LogP contribution is 2.04. The molecule has 1 atom stereocenters. The number of carbonyl (C=O) groups excluding carboxylic acids is 1. The van der Waals surface area contributed by atoms with Crippen molar-refractivity contribution in [3.63, 3.8) is 0 Å². The predicted molar refractivity (Wildman–Crippen MR) is 52.4 cm³/mol. The molecule has 3 N–H and O–H groups in total.